The molecule has 0 saturated heterocycles. The molecule has 1 heterocycles. The zero-order valence-corrected chi connectivity index (χ0v) is 37.6. The number of ketones is 1. The van der Waals surface area contributed by atoms with Crippen LogP contribution in [0.1, 0.15) is 62.3 Å². The molecule has 63 heavy (non-hydrogen) atoms. The molecule has 19 heteroatoms. The van der Waals surface area contributed by atoms with Crippen LogP contribution in [0.15, 0.2) is 101 Å². The predicted molar refractivity (Wildman–Crippen MR) is 234 cm³/mol. The summed E-state index contributed by atoms with van der Waals surface area (Å²) < 4.78 is 80.6. The second kappa shape index (κ2) is 19.5. The van der Waals surface area contributed by atoms with Crippen LogP contribution < -0.4 is 18.9 Å². The van der Waals surface area contributed by atoms with Crippen LogP contribution in [-0.4, -0.2) is 103 Å². The number of methoxy groups -OCH3 is 3. The van der Waals surface area contributed by atoms with Crippen LogP contribution in [0.4, 0.5) is 4.79 Å². The zero-order valence-electron chi connectivity index (χ0n) is 35.9. The molecule has 1 aliphatic rings. The van der Waals surface area contributed by atoms with Gasteiger partial charge in [-0.15, -0.1) is 10.2 Å². The van der Waals surface area contributed by atoms with Crippen LogP contribution >= 0.6 is 0 Å². The van der Waals surface area contributed by atoms with Gasteiger partial charge in [0.2, 0.25) is 25.9 Å². The molecule has 0 aliphatic heterocycles. The highest BCUT2D eigenvalue weighted by molar-refractivity contribution is 7.92. The minimum atomic E-state index is -4.93. The van der Waals surface area contributed by atoms with Crippen LogP contribution in [0, 0.1) is 0 Å². The smallest absolute Gasteiger partial charge is 0.407 e. The Kier molecular flexibility index (Phi) is 14.3. The summed E-state index contributed by atoms with van der Waals surface area (Å²) >= 11 is 0. The lowest BCUT2D eigenvalue weighted by Gasteiger charge is -2.33. The van der Waals surface area contributed by atoms with E-state index in [4.69, 9.17) is 14.2 Å². The molecule has 0 atom stereocenters. The van der Waals surface area contributed by atoms with Gasteiger partial charge in [0.25, 0.3) is 0 Å². The number of hydrogen-bond donors (Lipinski definition) is 2. The van der Waals surface area contributed by atoms with Crippen molar-refractivity contribution in [1.29, 1.82) is 0 Å². The van der Waals surface area contributed by atoms with E-state index in [1.807, 2.05) is 12.1 Å². The first-order valence-electron chi connectivity index (χ1n) is 20.0. The molecule has 334 valence electrons. The van der Waals surface area contributed by atoms with Crippen molar-refractivity contribution in [2.75, 3.05) is 34.4 Å². The van der Waals surface area contributed by atoms with Gasteiger partial charge in [-0.05, 0) is 115 Å². The number of benzene rings is 4. The minimum absolute atomic E-state index is 0.115. The fourth-order valence-corrected chi connectivity index (χ4v) is 10.6. The topological polar surface area (TPSA) is 212 Å². The molecule has 17 nitrogen and oxygen atoms in total. The summed E-state index contributed by atoms with van der Waals surface area (Å²) in [6, 6.07) is 23.4. The van der Waals surface area contributed by atoms with E-state index in [2.05, 4.69) is 20.1 Å². The number of sulfonamides is 2. The Morgan fingerprint density at radius 3 is 1.83 bits per heavy atom. The van der Waals surface area contributed by atoms with Crippen LogP contribution in [0.3, 0.4) is 0 Å². The highest BCUT2D eigenvalue weighted by atomic mass is 32.2. The van der Waals surface area contributed by atoms with E-state index in [0.29, 0.717) is 46.8 Å². The molecule has 1 amide bonds. The first-order chi connectivity index (χ1) is 29.9. The molecule has 1 aliphatic carbocycles. The van der Waals surface area contributed by atoms with Crippen LogP contribution in [0.5, 0.6) is 17.2 Å². The number of nitrogens with one attached hydrogen (secondary N) is 1. The third-order valence-electron chi connectivity index (χ3n) is 10.4. The summed E-state index contributed by atoms with van der Waals surface area (Å²) in [7, 11) is -5.12. The molecule has 0 fully saturated rings. The van der Waals surface area contributed by atoms with Crippen molar-refractivity contribution >= 4 is 37.5 Å². The van der Waals surface area contributed by atoms with E-state index >= 15 is 8.42 Å². The summed E-state index contributed by atoms with van der Waals surface area (Å²) in [4.78, 5) is 26.1. The van der Waals surface area contributed by atoms with Gasteiger partial charge in [-0.2, -0.15) is 9.10 Å². The standard InChI is InChI=1S/C44H51N7O10S2/c1-44(2,3)50(43(53)54)25-24-45-62(55,56)39-23-22-38(33-8-7-9-34(52)26-33)40(42-46-48-51(47-42)29-32-14-20-37(61-6)21-15-32)41(39)63(57,58)49(27-30-10-16-35(59-4)17-11-30)28-31-12-18-36(60-5)19-13-31/h10-23,26,45H,7-9,24-25,27-29H2,1-6H3,(H,53,54). The number of carbonyl (C=O) groups excluding carboxylic acids is 1. The van der Waals surface area contributed by atoms with E-state index in [9.17, 15) is 23.1 Å². The van der Waals surface area contributed by atoms with Gasteiger partial charge in [0, 0.05) is 38.1 Å². The van der Waals surface area contributed by atoms with Gasteiger partial charge in [-0.1, -0.05) is 42.5 Å². The number of carbonyl (C=O) groups is 2. The lowest BCUT2D eigenvalue weighted by atomic mass is 9.90. The van der Waals surface area contributed by atoms with Crippen molar-refractivity contribution in [2.24, 2.45) is 0 Å². The number of tetrazole rings is 1. The molecule has 0 unspecified atom stereocenters. The second-order valence-electron chi connectivity index (χ2n) is 15.8. The summed E-state index contributed by atoms with van der Waals surface area (Å²) in [5.41, 5.74) is 1.56. The quantitative estimate of drug-likeness (QED) is 0.103. The van der Waals surface area contributed by atoms with Gasteiger partial charge in [0.05, 0.1) is 33.4 Å². The number of amides is 1. The van der Waals surface area contributed by atoms with Crippen molar-refractivity contribution in [3.63, 3.8) is 0 Å². The first-order valence-corrected chi connectivity index (χ1v) is 22.9. The van der Waals surface area contributed by atoms with E-state index in [-0.39, 0.29) is 61.9 Å². The normalized spacial score (nSPS) is 13.4. The zero-order chi connectivity index (χ0) is 45.5. The summed E-state index contributed by atoms with van der Waals surface area (Å²) in [6.07, 6.45) is 1.31. The van der Waals surface area contributed by atoms with Crippen LogP contribution in [-0.2, 0) is 44.5 Å². The fraction of sp³-hybridized carbons (Fsp3) is 0.341. The van der Waals surface area contributed by atoms with E-state index < -0.39 is 41.5 Å². The van der Waals surface area contributed by atoms with Crippen molar-refractivity contribution in [2.45, 2.75) is 75.0 Å². The predicted octanol–water partition coefficient (Wildman–Crippen LogP) is 6.00. The molecule has 2 N–H and O–H groups in total. The Balaban J connectivity index is 1.59. The summed E-state index contributed by atoms with van der Waals surface area (Å²) in [6.45, 7) is 4.06. The molecular weight excluding hydrogens is 851 g/mol. The number of ether oxygens (including phenoxy) is 3. The Hall–Kier alpha value is -6.15. The maximum atomic E-state index is 15.8. The number of carboxylic acid groups (broad SMARTS) is 1. The van der Waals surface area contributed by atoms with E-state index in [1.54, 1.807) is 88.5 Å². The third kappa shape index (κ3) is 11.1. The number of rotatable bonds is 18. The van der Waals surface area contributed by atoms with Gasteiger partial charge in [0.1, 0.15) is 27.0 Å². The Bertz CT molecular complexity index is 2630. The molecule has 0 bridgehead atoms. The van der Waals surface area contributed by atoms with Crippen LogP contribution in [0.2, 0.25) is 0 Å². The van der Waals surface area contributed by atoms with Crippen molar-refractivity contribution < 1.29 is 45.7 Å². The third-order valence-corrected chi connectivity index (χ3v) is 13.9. The molecular formula is C44H51N7O10S2. The van der Waals surface area contributed by atoms with E-state index in [1.165, 1.54) is 37.2 Å². The highest BCUT2D eigenvalue weighted by Crippen LogP contribution is 2.41. The van der Waals surface area contributed by atoms with E-state index in [0.717, 1.165) is 14.8 Å². The second-order valence-corrected chi connectivity index (χ2v) is 19.4. The monoisotopic (exact) mass is 901 g/mol. The maximum Gasteiger partial charge on any atom is 0.407 e. The molecule has 6 rings (SSSR count). The number of aromatic nitrogens is 4. The van der Waals surface area contributed by atoms with Gasteiger partial charge < -0.3 is 24.2 Å². The number of allylic oxidation sites excluding steroid dienone is 2. The maximum absolute atomic E-state index is 15.8. The fourth-order valence-electron chi connectivity index (χ4n) is 7.14. The largest absolute Gasteiger partial charge is 0.497 e. The van der Waals surface area contributed by atoms with Crippen molar-refractivity contribution in [1.82, 2.24) is 34.1 Å². The average Bonchev–Trinajstić information content (AvgIpc) is 3.72. The van der Waals surface area contributed by atoms with Gasteiger partial charge in [-0.3, -0.25) is 4.79 Å². The van der Waals surface area contributed by atoms with Crippen LogP contribution in [0.25, 0.3) is 17.0 Å². The molecule has 5 aromatic rings. The average molecular weight is 902 g/mol. The number of hydrogen-bond acceptors (Lipinski definition) is 12. The molecule has 0 saturated carbocycles. The summed E-state index contributed by atoms with van der Waals surface area (Å²) in [5, 5.41) is 23.2. The van der Waals surface area contributed by atoms with Gasteiger partial charge in [-0.25, -0.2) is 26.4 Å². The highest BCUT2D eigenvalue weighted by Gasteiger charge is 2.38. The molecule has 1 aromatic heterocycles. The lowest BCUT2D eigenvalue weighted by molar-refractivity contribution is -0.114. The van der Waals surface area contributed by atoms with Gasteiger partial charge >= 0.3 is 6.09 Å². The number of nitrogens with zero attached hydrogens (tertiary/aromatic N) is 6. The lowest BCUT2D eigenvalue weighted by Crippen LogP contribution is -2.48. The SMILES string of the molecule is COc1ccc(CN(Cc2ccc(OC)cc2)S(=O)(=O)c2c(S(=O)(=O)NCCN(C(=O)O)C(C)(C)C)ccc(C3=CC(=O)CCC3)c2-c2nnn(Cc3ccc(OC)cc3)n2)cc1. The molecule has 0 radical (unpaired) electrons. The molecule has 4 aromatic carbocycles. The minimum Gasteiger partial charge on any atom is -0.497 e. The summed E-state index contributed by atoms with van der Waals surface area (Å²) in [5.74, 6) is 1.35. The Morgan fingerprint density at radius 1 is 0.794 bits per heavy atom. The Labute approximate surface area is 367 Å². The van der Waals surface area contributed by atoms with Crippen molar-refractivity contribution in [3.05, 3.63) is 113 Å². The first kappa shape index (κ1) is 46.4. The molecule has 0 spiro atoms. The van der Waals surface area contributed by atoms with Crippen molar-refractivity contribution in [3.8, 4) is 28.6 Å². The Morgan fingerprint density at radius 2 is 1.33 bits per heavy atom. The van der Waals surface area contributed by atoms with Gasteiger partial charge in [0.15, 0.2) is 5.78 Å².